The van der Waals surface area contributed by atoms with E-state index in [-0.39, 0.29) is 11.7 Å². The van der Waals surface area contributed by atoms with Gasteiger partial charge in [-0.1, -0.05) is 19.1 Å². The van der Waals surface area contributed by atoms with Crippen LogP contribution in [0, 0.1) is 0 Å². The summed E-state index contributed by atoms with van der Waals surface area (Å²) in [4.78, 5) is 12.9. The molecule has 0 saturated carbocycles. The number of benzene rings is 1. The minimum atomic E-state index is -3.54. The Bertz CT molecular complexity index is 734. The zero-order valence-electron chi connectivity index (χ0n) is 11.5. The van der Waals surface area contributed by atoms with Gasteiger partial charge in [-0.3, -0.25) is 4.79 Å². The summed E-state index contributed by atoms with van der Waals surface area (Å²) in [5.41, 5.74) is 2.22. The van der Waals surface area contributed by atoms with E-state index in [0.29, 0.717) is 16.1 Å². The average molecular weight is 324 g/mol. The van der Waals surface area contributed by atoms with Crippen LogP contribution < -0.4 is 10.5 Å². The second-order valence-electron chi connectivity index (χ2n) is 4.59. The predicted octanol–water partition coefficient (Wildman–Crippen LogP) is 2.35. The maximum Gasteiger partial charge on any atom is 0.266 e. The standard InChI is InChI=1S/C14H16N2O3S2/c1-2-11-7-8-20-13(11)14(17)16-12-5-3-10(4-6-12)9-21(15,18)19/h3-8H,2,9H2,1H3,(H,16,17)(H2,15,18,19). The second kappa shape index (κ2) is 6.38. The lowest BCUT2D eigenvalue weighted by Crippen LogP contribution is -2.15. The molecule has 1 aromatic heterocycles. The Morgan fingerprint density at radius 2 is 1.90 bits per heavy atom. The lowest BCUT2D eigenvalue weighted by Gasteiger charge is -2.06. The van der Waals surface area contributed by atoms with Gasteiger partial charge in [0, 0.05) is 5.69 Å². The molecular formula is C14H16N2O3S2. The first-order chi connectivity index (χ1) is 9.89. The molecule has 0 aliphatic carbocycles. The van der Waals surface area contributed by atoms with Crippen molar-refractivity contribution in [3.05, 3.63) is 51.7 Å². The van der Waals surface area contributed by atoms with Crippen molar-refractivity contribution in [3.8, 4) is 0 Å². The number of carbonyl (C=O) groups excluding carboxylic acids is 1. The molecule has 0 unspecified atom stereocenters. The Labute approximate surface area is 127 Å². The Morgan fingerprint density at radius 3 is 2.48 bits per heavy atom. The van der Waals surface area contributed by atoms with Crippen LogP contribution in [-0.2, 0) is 22.2 Å². The molecule has 0 saturated heterocycles. The van der Waals surface area contributed by atoms with Crippen molar-refractivity contribution in [1.82, 2.24) is 0 Å². The van der Waals surface area contributed by atoms with E-state index in [1.807, 2.05) is 18.4 Å². The number of sulfonamides is 1. The molecule has 21 heavy (non-hydrogen) atoms. The van der Waals surface area contributed by atoms with Gasteiger partial charge in [-0.25, -0.2) is 13.6 Å². The maximum atomic E-state index is 12.2. The highest BCUT2D eigenvalue weighted by atomic mass is 32.2. The molecule has 0 aliphatic heterocycles. The van der Waals surface area contributed by atoms with Crippen LogP contribution in [0.15, 0.2) is 35.7 Å². The number of aryl methyl sites for hydroxylation is 1. The van der Waals surface area contributed by atoms with Crippen molar-refractivity contribution in [2.45, 2.75) is 19.1 Å². The predicted molar refractivity (Wildman–Crippen MR) is 84.9 cm³/mol. The third-order valence-electron chi connectivity index (χ3n) is 2.91. The van der Waals surface area contributed by atoms with Gasteiger partial charge in [0.15, 0.2) is 0 Å². The Balaban J connectivity index is 2.08. The van der Waals surface area contributed by atoms with Gasteiger partial charge in [0.05, 0.1) is 10.6 Å². The van der Waals surface area contributed by atoms with Crippen LogP contribution in [0.5, 0.6) is 0 Å². The maximum absolute atomic E-state index is 12.2. The van der Waals surface area contributed by atoms with E-state index in [0.717, 1.165) is 12.0 Å². The van der Waals surface area contributed by atoms with Gasteiger partial charge in [-0.15, -0.1) is 11.3 Å². The number of nitrogens with two attached hydrogens (primary N) is 1. The number of anilines is 1. The fourth-order valence-electron chi connectivity index (χ4n) is 1.92. The van der Waals surface area contributed by atoms with E-state index in [2.05, 4.69) is 5.32 Å². The second-order valence-corrected chi connectivity index (χ2v) is 7.12. The molecule has 3 N–H and O–H groups in total. The molecule has 1 amide bonds. The largest absolute Gasteiger partial charge is 0.321 e. The van der Waals surface area contributed by atoms with Crippen molar-refractivity contribution >= 4 is 33.0 Å². The highest BCUT2D eigenvalue weighted by Crippen LogP contribution is 2.19. The van der Waals surface area contributed by atoms with E-state index < -0.39 is 10.0 Å². The van der Waals surface area contributed by atoms with E-state index in [1.54, 1.807) is 24.3 Å². The number of amides is 1. The monoisotopic (exact) mass is 324 g/mol. The zero-order chi connectivity index (χ0) is 15.5. The summed E-state index contributed by atoms with van der Waals surface area (Å²) in [5.74, 6) is -0.368. The van der Waals surface area contributed by atoms with E-state index in [9.17, 15) is 13.2 Å². The summed E-state index contributed by atoms with van der Waals surface area (Å²) in [6.45, 7) is 2.00. The van der Waals surface area contributed by atoms with Crippen molar-refractivity contribution in [1.29, 1.82) is 0 Å². The molecule has 1 aromatic carbocycles. The van der Waals surface area contributed by atoms with Gasteiger partial charge in [0.25, 0.3) is 5.91 Å². The van der Waals surface area contributed by atoms with Crippen molar-refractivity contribution in [2.24, 2.45) is 5.14 Å². The fourth-order valence-corrected chi connectivity index (χ4v) is 3.47. The molecule has 0 radical (unpaired) electrons. The van der Waals surface area contributed by atoms with Gasteiger partial charge in [-0.05, 0) is 41.1 Å². The molecule has 2 rings (SSSR count). The number of primary sulfonamides is 1. The molecule has 5 nitrogen and oxygen atoms in total. The summed E-state index contributed by atoms with van der Waals surface area (Å²) in [7, 11) is -3.54. The van der Waals surface area contributed by atoms with Gasteiger partial charge in [0.1, 0.15) is 0 Å². The van der Waals surface area contributed by atoms with Gasteiger partial charge < -0.3 is 5.32 Å². The van der Waals surface area contributed by atoms with E-state index in [1.165, 1.54) is 11.3 Å². The zero-order valence-corrected chi connectivity index (χ0v) is 13.1. The molecule has 2 aromatic rings. The van der Waals surface area contributed by atoms with E-state index in [4.69, 9.17) is 5.14 Å². The quantitative estimate of drug-likeness (QED) is 0.884. The average Bonchev–Trinajstić information content (AvgIpc) is 2.87. The minimum Gasteiger partial charge on any atom is -0.321 e. The lowest BCUT2D eigenvalue weighted by molar-refractivity contribution is 0.103. The van der Waals surface area contributed by atoms with Gasteiger partial charge in [0.2, 0.25) is 10.0 Å². The molecule has 7 heteroatoms. The molecule has 0 spiro atoms. The van der Waals surface area contributed by atoms with Crippen LogP contribution in [0.4, 0.5) is 5.69 Å². The third kappa shape index (κ3) is 4.38. The first-order valence-electron chi connectivity index (χ1n) is 6.36. The first kappa shape index (κ1) is 15.7. The smallest absolute Gasteiger partial charge is 0.266 e. The number of rotatable bonds is 5. The van der Waals surface area contributed by atoms with Gasteiger partial charge >= 0.3 is 0 Å². The SMILES string of the molecule is CCc1ccsc1C(=O)Nc1ccc(CS(N)(=O)=O)cc1. The molecular weight excluding hydrogens is 308 g/mol. The summed E-state index contributed by atoms with van der Waals surface area (Å²) >= 11 is 1.40. The van der Waals surface area contributed by atoms with Crippen molar-refractivity contribution in [3.63, 3.8) is 0 Å². The third-order valence-corrected chi connectivity index (χ3v) is 4.60. The van der Waals surface area contributed by atoms with Crippen LogP contribution in [0.1, 0.15) is 27.7 Å². The van der Waals surface area contributed by atoms with Crippen LogP contribution >= 0.6 is 11.3 Å². The number of thiophene rings is 1. The normalized spacial score (nSPS) is 11.3. The number of carbonyl (C=O) groups is 1. The van der Waals surface area contributed by atoms with Crippen molar-refractivity contribution in [2.75, 3.05) is 5.32 Å². The van der Waals surface area contributed by atoms with E-state index >= 15 is 0 Å². The molecule has 0 bridgehead atoms. The van der Waals surface area contributed by atoms with Gasteiger partial charge in [-0.2, -0.15) is 0 Å². The Hall–Kier alpha value is -1.70. The highest BCUT2D eigenvalue weighted by Gasteiger charge is 2.12. The molecule has 0 aliphatic rings. The number of nitrogens with one attached hydrogen (secondary N) is 1. The molecule has 1 heterocycles. The summed E-state index contributed by atoms with van der Waals surface area (Å²) in [5, 5.41) is 9.68. The Kier molecular flexibility index (Phi) is 4.76. The summed E-state index contributed by atoms with van der Waals surface area (Å²) in [6, 6.07) is 8.54. The minimum absolute atomic E-state index is 0.152. The molecule has 112 valence electrons. The highest BCUT2D eigenvalue weighted by molar-refractivity contribution is 7.88. The number of hydrogen-bond acceptors (Lipinski definition) is 4. The molecule has 0 atom stereocenters. The number of hydrogen-bond donors (Lipinski definition) is 2. The van der Waals surface area contributed by atoms with Crippen LogP contribution in [0.25, 0.3) is 0 Å². The summed E-state index contributed by atoms with van der Waals surface area (Å²) < 4.78 is 22.0. The van der Waals surface area contributed by atoms with Crippen LogP contribution in [0.3, 0.4) is 0 Å². The first-order valence-corrected chi connectivity index (χ1v) is 8.95. The Morgan fingerprint density at radius 1 is 1.24 bits per heavy atom. The fraction of sp³-hybridized carbons (Fsp3) is 0.214. The summed E-state index contributed by atoms with van der Waals surface area (Å²) in [6.07, 6.45) is 0.805. The van der Waals surface area contributed by atoms with Crippen molar-refractivity contribution < 1.29 is 13.2 Å². The molecule has 0 fully saturated rings. The van der Waals surface area contributed by atoms with Crippen LogP contribution in [-0.4, -0.2) is 14.3 Å². The van der Waals surface area contributed by atoms with Crippen LogP contribution in [0.2, 0.25) is 0 Å². The lowest BCUT2D eigenvalue weighted by atomic mass is 10.2. The topological polar surface area (TPSA) is 89.3 Å².